The zero-order valence-electron chi connectivity index (χ0n) is 22.8. The van der Waals surface area contributed by atoms with Crippen LogP contribution in [-0.2, 0) is 29.9 Å². The van der Waals surface area contributed by atoms with Gasteiger partial charge in [-0.2, -0.15) is 0 Å². The molecule has 0 aromatic heterocycles. The van der Waals surface area contributed by atoms with E-state index < -0.39 is 17.8 Å². The predicted octanol–water partition coefficient (Wildman–Crippen LogP) is 6.05. The van der Waals surface area contributed by atoms with E-state index in [1.54, 1.807) is 60.4 Å². The number of carbonyl (C=O) groups is 2. The molecule has 42 heavy (non-hydrogen) atoms. The van der Waals surface area contributed by atoms with Crippen LogP contribution < -0.4 is 10.1 Å². The number of nitrogens with one attached hydrogen (secondary N) is 1. The second-order valence-electron chi connectivity index (χ2n) is 10.3. The average molecular weight is 575 g/mol. The Morgan fingerprint density at radius 1 is 0.881 bits per heavy atom. The highest BCUT2D eigenvalue weighted by molar-refractivity contribution is 6.03. The van der Waals surface area contributed by atoms with Crippen molar-refractivity contribution in [3.8, 4) is 5.75 Å². The van der Waals surface area contributed by atoms with Gasteiger partial charge in [-0.1, -0.05) is 84.9 Å². The van der Waals surface area contributed by atoms with Gasteiger partial charge >= 0.3 is 6.36 Å². The van der Waals surface area contributed by atoms with Crippen LogP contribution >= 0.6 is 0 Å². The van der Waals surface area contributed by atoms with Gasteiger partial charge in [-0.3, -0.25) is 9.59 Å². The van der Waals surface area contributed by atoms with E-state index in [4.69, 9.17) is 0 Å². The molecule has 1 aliphatic rings. The number of hydrogen-bond donors (Lipinski definition) is 2. The summed E-state index contributed by atoms with van der Waals surface area (Å²) in [5.41, 5.74) is 2.50. The van der Waals surface area contributed by atoms with Crippen LogP contribution in [0.2, 0.25) is 0 Å². The number of rotatable bonds is 8. The fourth-order valence-electron chi connectivity index (χ4n) is 5.54. The Labute approximate surface area is 241 Å². The van der Waals surface area contributed by atoms with Crippen LogP contribution in [0.1, 0.15) is 51.1 Å². The topological polar surface area (TPSA) is 78.9 Å². The number of benzene rings is 4. The number of hydrogen-bond acceptors (Lipinski definition) is 4. The van der Waals surface area contributed by atoms with Gasteiger partial charge < -0.3 is 20.1 Å². The quantitative estimate of drug-likeness (QED) is 0.269. The first-order valence-electron chi connectivity index (χ1n) is 13.4. The van der Waals surface area contributed by atoms with E-state index in [1.165, 1.54) is 24.3 Å². The van der Waals surface area contributed by atoms with Crippen molar-refractivity contribution in [1.29, 1.82) is 0 Å². The summed E-state index contributed by atoms with van der Waals surface area (Å²) in [5, 5.41) is 12.7. The summed E-state index contributed by atoms with van der Waals surface area (Å²) in [6, 6.07) is 28.0. The minimum atomic E-state index is -4.82. The lowest BCUT2D eigenvalue weighted by atomic mass is 9.67. The summed E-state index contributed by atoms with van der Waals surface area (Å²) >= 11 is 0. The first-order chi connectivity index (χ1) is 20.1. The molecule has 0 saturated heterocycles. The molecule has 1 aliphatic heterocycles. The molecule has 4 aromatic carbocycles. The lowest BCUT2D eigenvalue weighted by Crippen LogP contribution is -2.56. The lowest BCUT2D eigenvalue weighted by Gasteiger charge is -2.48. The van der Waals surface area contributed by atoms with Crippen LogP contribution in [0.25, 0.3) is 0 Å². The maximum absolute atomic E-state index is 14.2. The monoisotopic (exact) mass is 574 g/mol. The van der Waals surface area contributed by atoms with E-state index in [0.717, 1.165) is 5.56 Å². The van der Waals surface area contributed by atoms with Crippen LogP contribution in [0.5, 0.6) is 5.75 Å². The van der Waals surface area contributed by atoms with Crippen molar-refractivity contribution in [2.75, 3.05) is 0 Å². The Bertz CT molecular complexity index is 1560. The van der Waals surface area contributed by atoms with Crippen LogP contribution in [0, 0.1) is 0 Å². The number of carbonyl (C=O) groups excluding carboxylic acids is 2. The van der Waals surface area contributed by atoms with Crippen molar-refractivity contribution >= 4 is 11.8 Å². The molecule has 9 heteroatoms. The molecular formula is C33H29F3N2O4. The Balaban J connectivity index is 1.59. The summed E-state index contributed by atoms with van der Waals surface area (Å²) in [7, 11) is 0. The molecule has 4 aromatic rings. The molecular weight excluding hydrogens is 545 g/mol. The molecule has 0 unspecified atom stereocenters. The van der Waals surface area contributed by atoms with Crippen molar-refractivity contribution in [1.82, 2.24) is 10.2 Å². The number of ether oxygens (including phenoxy) is 1. The smallest absolute Gasteiger partial charge is 0.406 e. The number of fused-ring (bicyclic) bond motifs is 1. The number of amides is 2. The van der Waals surface area contributed by atoms with Crippen LogP contribution in [0.15, 0.2) is 103 Å². The predicted molar refractivity (Wildman–Crippen MR) is 150 cm³/mol. The lowest BCUT2D eigenvalue weighted by molar-refractivity contribution is -0.274. The number of alkyl halides is 3. The Kier molecular flexibility index (Phi) is 8.04. The normalized spacial score (nSPS) is 18.4. The molecule has 0 aliphatic carbocycles. The first kappa shape index (κ1) is 28.9. The molecule has 0 fully saturated rings. The molecule has 1 heterocycles. The second kappa shape index (κ2) is 11.7. The Hall–Kier alpha value is -4.63. The maximum Gasteiger partial charge on any atom is 0.573 e. The molecule has 216 valence electrons. The van der Waals surface area contributed by atoms with Gasteiger partial charge in [0, 0.05) is 18.7 Å². The van der Waals surface area contributed by atoms with Gasteiger partial charge in [0.15, 0.2) is 0 Å². The fourth-order valence-corrected chi connectivity index (χ4v) is 5.54. The third-order valence-corrected chi connectivity index (χ3v) is 7.59. The molecule has 2 N–H and O–H groups in total. The fraction of sp³-hybridized carbons (Fsp3) is 0.212. The van der Waals surface area contributed by atoms with Gasteiger partial charge in [0.2, 0.25) is 5.91 Å². The Morgan fingerprint density at radius 2 is 1.50 bits per heavy atom. The summed E-state index contributed by atoms with van der Waals surface area (Å²) in [6.45, 7) is 1.93. The van der Waals surface area contributed by atoms with Crippen molar-refractivity contribution in [2.45, 2.75) is 44.4 Å². The molecule has 0 saturated carbocycles. The zero-order valence-corrected chi connectivity index (χ0v) is 22.8. The Morgan fingerprint density at radius 3 is 2.14 bits per heavy atom. The highest BCUT2D eigenvalue weighted by Gasteiger charge is 2.53. The van der Waals surface area contributed by atoms with Gasteiger partial charge in [-0.15, -0.1) is 13.2 Å². The van der Waals surface area contributed by atoms with Crippen molar-refractivity contribution < 1.29 is 32.6 Å². The number of nitrogens with zero attached hydrogens (tertiary/aromatic N) is 1. The average Bonchev–Trinajstić information content (AvgIpc) is 2.99. The summed E-state index contributed by atoms with van der Waals surface area (Å²) in [6.07, 6.45) is -4.82. The summed E-state index contributed by atoms with van der Waals surface area (Å²) in [4.78, 5) is 29.9. The first-order valence-corrected chi connectivity index (χ1v) is 13.4. The molecule has 6 nitrogen and oxygen atoms in total. The third-order valence-electron chi connectivity index (χ3n) is 7.59. The second-order valence-corrected chi connectivity index (χ2v) is 10.3. The van der Waals surface area contributed by atoms with E-state index in [-0.39, 0.29) is 37.3 Å². The minimum Gasteiger partial charge on any atom is -0.406 e. The van der Waals surface area contributed by atoms with Crippen molar-refractivity contribution in [2.24, 2.45) is 0 Å². The number of halogens is 3. The van der Waals surface area contributed by atoms with E-state index in [1.807, 2.05) is 30.3 Å². The third kappa shape index (κ3) is 5.87. The number of aliphatic hydroxyl groups is 1. The van der Waals surface area contributed by atoms with Gasteiger partial charge in [0.05, 0.1) is 18.1 Å². The van der Waals surface area contributed by atoms with Crippen molar-refractivity contribution in [3.63, 3.8) is 0 Å². The molecule has 0 radical (unpaired) electrons. The van der Waals surface area contributed by atoms with Gasteiger partial charge in [-0.25, -0.2) is 0 Å². The summed E-state index contributed by atoms with van der Waals surface area (Å²) in [5.74, 6) is -0.977. The minimum absolute atomic E-state index is 0.0213. The SMILES string of the molecule is C[C@]1(C(=O)NCc2ccccc2)c2ccccc2C(=O)N(Cc2ccc(OC(F)(F)F)cc2)[C@H]1c1ccc(CO)cc1. The van der Waals surface area contributed by atoms with Crippen LogP contribution in [-0.4, -0.2) is 28.2 Å². The highest BCUT2D eigenvalue weighted by Crippen LogP contribution is 2.48. The molecule has 5 rings (SSSR count). The molecule has 2 amide bonds. The maximum atomic E-state index is 14.2. The van der Waals surface area contributed by atoms with Crippen LogP contribution in [0.3, 0.4) is 0 Å². The summed E-state index contributed by atoms with van der Waals surface area (Å²) < 4.78 is 42.1. The molecule has 0 bridgehead atoms. The van der Waals surface area contributed by atoms with Gasteiger partial charge in [0.1, 0.15) is 5.75 Å². The van der Waals surface area contributed by atoms with E-state index >= 15 is 0 Å². The standard InChI is InChI=1S/C33H29F3N2O4/c1-32(31(41)37-19-22-7-3-2-4-8-22)28-10-6-5-9-27(28)30(40)38(29(32)25-15-11-24(21-39)12-16-25)20-23-13-17-26(18-14-23)42-33(34,35)36/h2-18,29,39H,19-21H2,1H3,(H,37,41)/t29-,32-/m0/s1. The van der Waals surface area contributed by atoms with E-state index in [9.17, 15) is 27.9 Å². The molecule has 2 atom stereocenters. The largest absolute Gasteiger partial charge is 0.573 e. The van der Waals surface area contributed by atoms with Crippen molar-refractivity contribution in [3.05, 3.63) is 137 Å². The molecule has 0 spiro atoms. The number of aliphatic hydroxyl groups excluding tert-OH is 1. The van der Waals surface area contributed by atoms with Crippen LogP contribution in [0.4, 0.5) is 13.2 Å². The zero-order chi connectivity index (χ0) is 29.9. The van der Waals surface area contributed by atoms with E-state index in [2.05, 4.69) is 10.1 Å². The van der Waals surface area contributed by atoms with Gasteiger partial charge in [-0.05, 0) is 52.9 Å². The highest BCUT2D eigenvalue weighted by atomic mass is 19.4. The van der Waals surface area contributed by atoms with Gasteiger partial charge in [0.25, 0.3) is 5.91 Å². The van der Waals surface area contributed by atoms with E-state index in [0.29, 0.717) is 27.8 Å².